The molecule has 0 saturated carbocycles. The average Bonchev–Trinajstić information content (AvgIpc) is 2.91. The SMILES string of the molecule is COc1ccc(-n2nnc(C(=O)O)c2C(C)C)cc1OC. The lowest BCUT2D eigenvalue weighted by Gasteiger charge is -2.12. The van der Waals surface area contributed by atoms with Gasteiger partial charge in [0.25, 0.3) is 0 Å². The third kappa shape index (κ3) is 2.67. The number of aromatic carboxylic acids is 1. The van der Waals surface area contributed by atoms with Crippen molar-refractivity contribution in [1.29, 1.82) is 0 Å². The van der Waals surface area contributed by atoms with Gasteiger partial charge >= 0.3 is 5.97 Å². The Balaban J connectivity index is 2.59. The molecule has 1 aromatic carbocycles. The van der Waals surface area contributed by atoms with Crippen molar-refractivity contribution in [3.8, 4) is 17.2 Å². The first-order chi connectivity index (χ1) is 9.99. The first-order valence-corrected chi connectivity index (χ1v) is 6.40. The summed E-state index contributed by atoms with van der Waals surface area (Å²) in [5.74, 6) is -0.00683. The fourth-order valence-corrected chi connectivity index (χ4v) is 2.11. The number of rotatable bonds is 5. The second kappa shape index (κ2) is 5.82. The molecule has 2 aromatic rings. The number of hydrogen-bond acceptors (Lipinski definition) is 5. The Kier molecular flexibility index (Phi) is 4.11. The van der Waals surface area contributed by atoms with Gasteiger partial charge in [0.05, 0.1) is 25.6 Å². The predicted molar refractivity (Wildman–Crippen MR) is 75.5 cm³/mol. The van der Waals surface area contributed by atoms with Gasteiger partial charge in [-0.15, -0.1) is 5.10 Å². The molecule has 0 amide bonds. The van der Waals surface area contributed by atoms with Crippen LogP contribution in [0.1, 0.15) is 35.9 Å². The number of benzene rings is 1. The van der Waals surface area contributed by atoms with Gasteiger partial charge in [0.1, 0.15) is 0 Å². The molecule has 0 spiro atoms. The van der Waals surface area contributed by atoms with E-state index in [4.69, 9.17) is 9.47 Å². The minimum absolute atomic E-state index is 0.0419. The van der Waals surface area contributed by atoms with Crippen LogP contribution < -0.4 is 9.47 Å². The lowest BCUT2D eigenvalue weighted by molar-refractivity contribution is 0.0688. The summed E-state index contributed by atoms with van der Waals surface area (Å²) in [5.41, 5.74) is 1.16. The fourth-order valence-electron chi connectivity index (χ4n) is 2.11. The van der Waals surface area contributed by atoms with Gasteiger partial charge in [-0.1, -0.05) is 19.1 Å². The average molecular weight is 291 g/mol. The number of carboxylic acid groups (broad SMARTS) is 1. The van der Waals surface area contributed by atoms with Gasteiger partial charge in [-0.3, -0.25) is 0 Å². The Morgan fingerprint density at radius 1 is 1.24 bits per heavy atom. The topological polar surface area (TPSA) is 86.5 Å². The Morgan fingerprint density at radius 3 is 2.43 bits per heavy atom. The zero-order valence-corrected chi connectivity index (χ0v) is 12.3. The molecule has 1 heterocycles. The van der Waals surface area contributed by atoms with E-state index in [0.29, 0.717) is 22.9 Å². The monoisotopic (exact) mass is 291 g/mol. The van der Waals surface area contributed by atoms with Gasteiger partial charge in [-0.2, -0.15) is 0 Å². The van der Waals surface area contributed by atoms with Gasteiger partial charge in [0, 0.05) is 6.07 Å². The number of ether oxygens (including phenoxy) is 2. The summed E-state index contributed by atoms with van der Waals surface area (Å²) in [6.07, 6.45) is 0. The van der Waals surface area contributed by atoms with Crippen molar-refractivity contribution in [3.63, 3.8) is 0 Å². The molecule has 0 radical (unpaired) electrons. The first-order valence-electron chi connectivity index (χ1n) is 6.40. The van der Waals surface area contributed by atoms with Gasteiger partial charge < -0.3 is 14.6 Å². The molecule has 0 saturated heterocycles. The molecule has 1 N–H and O–H groups in total. The summed E-state index contributed by atoms with van der Waals surface area (Å²) in [5, 5.41) is 16.9. The second-order valence-electron chi connectivity index (χ2n) is 4.73. The Morgan fingerprint density at radius 2 is 1.90 bits per heavy atom. The Hall–Kier alpha value is -2.57. The van der Waals surface area contributed by atoms with E-state index < -0.39 is 5.97 Å². The van der Waals surface area contributed by atoms with Crippen molar-refractivity contribution in [3.05, 3.63) is 29.6 Å². The van der Waals surface area contributed by atoms with Gasteiger partial charge in [0.2, 0.25) is 0 Å². The van der Waals surface area contributed by atoms with E-state index >= 15 is 0 Å². The molecular weight excluding hydrogens is 274 g/mol. The van der Waals surface area contributed by atoms with Crippen LogP contribution in [-0.2, 0) is 0 Å². The van der Waals surface area contributed by atoms with Crippen molar-refractivity contribution in [1.82, 2.24) is 15.0 Å². The molecule has 0 aliphatic heterocycles. The van der Waals surface area contributed by atoms with E-state index in [1.807, 2.05) is 13.8 Å². The van der Waals surface area contributed by atoms with Crippen LogP contribution in [0.25, 0.3) is 5.69 Å². The van der Waals surface area contributed by atoms with E-state index in [0.717, 1.165) is 0 Å². The minimum atomic E-state index is -1.09. The van der Waals surface area contributed by atoms with Crippen molar-refractivity contribution in [2.45, 2.75) is 19.8 Å². The molecular formula is C14H17N3O4. The molecule has 7 nitrogen and oxygen atoms in total. The number of methoxy groups -OCH3 is 2. The highest BCUT2D eigenvalue weighted by molar-refractivity contribution is 5.86. The number of carbonyl (C=O) groups is 1. The van der Waals surface area contributed by atoms with E-state index in [1.165, 1.54) is 11.8 Å². The highest BCUT2D eigenvalue weighted by atomic mass is 16.5. The van der Waals surface area contributed by atoms with Crippen molar-refractivity contribution >= 4 is 5.97 Å². The Labute approximate surface area is 122 Å². The van der Waals surface area contributed by atoms with E-state index in [1.54, 1.807) is 25.3 Å². The minimum Gasteiger partial charge on any atom is -0.493 e. The van der Waals surface area contributed by atoms with Crippen molar-refractivity contribution in [2.24, 2.45) is 0 Å². The number of nitrogens with zero attached hydrogens (tertiary/aromatic N) is 3. The molecule has 112 valence electrons. The summed E-state index contributed by atoms with van der Waals surface area (Å²) in [6, 6.07) is 5.24. The van der Waals surface area contributed by atoms with Gasteiger partial charge in [0.15, 0.2) is 17.2 Å². The molecule has 0 atom stereocenters. The molecule has 0 bridgehead atoms. The summed E-state index contributed by atoms with van der Waals surface area (Å²) in [6.45, 7) is 3.78. The highest BCUT2D eigenvalue weighted by Crippen LogP contribution is 2.30. The second-order valence-corrected chi connectivity index (χ2v) is 4.73. The first kappa shape index (κ1) is 14.8. The maximum Gasteiger partial charge on any atom is 0.358 e. The van der Waals surface area contributed by atoms with Crippen LogP contribution in [0, 0.1) is 0 Å². The van der Waals surface area contributed by atoms with Crippen molar-refractivity contribution in [2.75, 3.05) is 14.2 Å². The normalized spacial score (nSPS) is 10.7. The summed E-state index contributed by atoms with van der Waals surface area (Å²) in [7, 11) is 3.09. The third-order valence-electron chi connectivity index (χ3n) is 3.07. The third-order valence-corrected chi connectivity index (χ3v) is 3.07. The molecule has 7 heteroatoms. The van der Waals surface area contributed by atoms with E-state index in [9.17, 15) is 9.90 Å². The van der Waals surface area contributed by atoms with Crippen LogP contribution in [0.3, 0.4) is 0 Å². The summed E-state index contributed by atoms with van der Waals surface area (Å²) >= 11 is 0. The van der Waals surface area contributed by atoms with Crippen molar-refractivity contribution < 1.29 is 19.4 Å². The fraction of sp³-hybridized carbons (Fsp3) is 0.357. The highest BCUT2D eigenvalue weighted by Gasteiger charge is 2.22. The van der Waals surface area contributed by atoms with E-state index in [2.05, 4.69) is 10.3 Å². The number of carboxylic acids is 1. The molecule has 2 rings (SSSR count). The van der Waals surface area contributed by atoms with Crippen LogP contribution in [0.5, 0.6) is 11.5 Å². The van der Waals surface area contributed by atoms with Crippen LogP contribution in [-0.4, -0.2) is 40.3 Å². The van der Waals surface area contributed by atoms with Crippen LogP contribution in [0.4, 0.5) is 0 Å². The molecule has 0 aliphatic rings. The molecule has 0 unspecified atom stereocenters. The van der Waals surface area contributed by atoms with E-state index in [-0.39, 0.29) is 11.6 Å². The predicted octanol–water partition coefficient (Wildman–Crippen LogP) is 2.11. The lowest BCUT2D eigenvalue weighted by Crippen LogP contribution is -2.08. The summed E-state index contributed by atoms with van der Waals surface area (Å²) < 4.78 is 11.9. The Bertz CT molecular complexity index is 664. The maximum atomic E-state index is 11.2. The zero-order chi connectivity index (χ0) is 15.6. The largest absolute Gasteiger partial charge is 0.493 e. The van der Waals surface area contributed by atoms with Crippen LogP contribution >= 0.6 is 0 Å². The van der Waals surface area contributed by atoms with Crippen LogP contribution in [0.15, 0.2) is 18.2 Å². The maximum absolute atomic E-state index is 11.2. The molecule has 0 fully saturated rings. The molecule has 21 heavy (non-hydrogen) atoms. The quantitative estimate of drug-likeness (QED) is 0.908. The van der Waals surface area contributed by atoms with Crippen LogP contribution in [0.2, 0.25) is 0 Å². The number of aromatic nitrogens is 3. The molecule has 1 aromatic heterocycles. The lowest BCUT2D eigenvalue weighted by atomic mass is 10.1. The van der Waals surface area contributed by atoms with Gasteiger partial charge in [-0.05, 0) is 18.1 Å². The number of hydrogen-bond donors (Lipinski definition) is 1. The molecule has 0 aliphatic carbocycles. The standard InChI is InChI=1S/C14H17N3O4/c1-8(2)13-12(14(18)19)15-16-17(13)9-5-6-10(20-3)11(7-9)21-4/h5-8H,1-4H3,(H,18,19). The smallest absolute Gasteiger partial charge is 0.358 e. The zero-order valence-electron chi connectivity index (χ0n) is 12.3. The summed E-state index contributed by atoms with van der Waals surface area (Å²) in [4.78, 5) is 11.2. The van der Waals surface area contributed by atoms with Gasteiger partial charge in [-0.25, -0.2) is 9.48 Å².